The van der Waals surface area contributed by atoms with Crippen molar-refractivity contribution in [3.8, 4) is 0 Å². The standard InChI is InChI=1S/C15H11ClF3N5O/c16-9-2-1-3-10-11(9)22-12(21-10)13(25)23-4-5-24-8(7-23)6-20-14(24)15(17,18)19/h1-3,6H,4-5,7H2,(H,21,22). The quantitative estimate of drug-likeness (QED) is 0.716. The molecule has 1 aliphatic heterocycles. The summed E-state index contributed by atoms with van der Waals surface area (Å²) < 4.78 is 39.8. The molecule has 1 N–H and O–H groups in total. The maximum absolute atomic E-state index is 12.9. The van der Waals surface area contributed by atoms with E-state index < -0.39 is 17.9 Å². The number of hydrogen-bond donors (Lipinski definition) is 1. The number of aromatic amines is 1. The number of nitrogens with zero attached hydrogens (tertiary/aromatic N) is 4. The summed E-state index contributed by atoms with van der Waals surface area (Å²) in [7, 11) is 0. The molecule has 2 aromatic heterocycles. The van der Waals surface area contributed by atoms with Crippen LogP contribution in [0.25, 0.3) is 11.0 Å². The van der Waals surface area contributed by atoms with Crippen molar-refractivity contribution in [2.45, 2.75) is 19.3 Å². The maximum atomic E-state index is 12.9. The maximum Gasteiger partial charge on any atom is 0.449 e. The lowest BCUT2D eigenvalue weighted by Gasteiger charge is -2.28. The van der Waals surface area contributed by atoms with Crippen LogP contribution >= 0.6 is 11.6 Å². The summed E-state index contributed by atoms with van der Waals surface area (Å²) >= 11 is 6.05. The average Bonchev–Trinajstić information content (AvgIpc) is 3.17. The number of H-pyrrole nitrogens is 1. The molecular formula is C15H11ClF3N5O. The summed E-state index contributed by atoms with van der Waals surface area (Å²) in [6, 6.07) is 5.14. The van der Waals surface area contributed by atoms with Gasteiger partial charge in [-0.05, 0) is 12.1 Å². The van der Waals surface area contributed by atoms with Gasteiger partial charge in [-0.25, -0.2) is 9.97 Å². The van der Waals surface area contributed by atoms with Crippen molar-refractivity contribution in [1.29, 1.82) is 0 Å². The van der Waals surface area contributed by atoms with Gasteiger partial charge in [0.1, 0.15) is 5.52 Å². The third kappa shape index (κ3) is 2.64. The van der Waals surface area contributed by atoms with E-state index in [0.717, 1.165) is 10.8 Å². The number of fused-ring (bicyclic) bond motifs is 2. The molecule has 0 saturated heterocycles. The monoisotopic (exact) mass is 369 g/mol. The highest BCUT2D eigenvalue weighted by Gasteiger charge is 2.39. The molecule has 25 heavy (non-hydrogen) atoms. The molecule has 4 rings (SSSR count). The van der Waals surface area contributed by atoms with E-state index >= 15 is 0 Å². The molecule has 1 amide bonds. The molecule has 10 heteroatoms. The molecule has 0 fully saturated rings. The molecule has 0 bridgehead atoms. The zero-order chi connectivity index (χ0) is 17.8. The number of amides is 1. The largest absolute Gasteiger partial charge is 0.449 e. The number of imidazole rings is 2. The number of alkyl halides is 3. The van der Waals surface area contributed by atoms with Gasteiger partial charge in [0.15, 0.2) is 5.82 Å². The van der Waals surface area contributed by atoms with E-state index in [0.29, 0.717) is 21.7 Å². The van der Waals surface area contributed by atoms with Crippen LogP contribution in [0.3, 0.4) is 0 Å². The fourth-order valence-electron chi connectivity index (χ4n) is 2.93. The van der Waals surface area contributed by atoms with Gasteiger partial charge in [0.2, 0.25) is 5.82 Å². The molecule has 0 spiro atoms. The van der Waals surface area contributed by atoms with Crippen LogP contribution < -0.4 is 0 Å². The van der Waals surface area contributed by atoms with Crippen LogP contribution in [-0.2, 0) is 19.3 Å². The van der Waals surface area contributed by atoms with Crippen LogP contribution in [0.15, 0.2) is 24.4 Å². The molecule has 6 nitrogen and oxygen atoms in total. The van der Waals surface area contributed by atoms with Gasteiger partial charge < -0.3 is 14.5 Å². The number of carbonyl (C=O) groups excluding carboxylic acids is 1. The molecular weight excluding hydrogens is 359 g/mol. The topological polar surface area (TPSA) is 66.8 Å². The minimum Gasteiger partial charge on any atom is -0.334 e. The van der Waals surface area contributed by atoms with Gasteiger partial charge in [-0.2, -0.15) is 13.2 Å². The third-order valence-corrected chi connectivity index (χ3v) is 4.40. The Labute approximate surface area is 144 Å². The molecule has 0 saturated carbocycles. The summed E-state index contributed by atoms with van der Waals surface area (Å²) in [5.74, 6) is -1.23. The van der Waals surface area contributed by atoms with Crippen molar-refractivity contribution in [1.82, 2.24) is 24.4 Å². The molecule has 0 atom stereocenters. The van der Waals surface area contributed by atoms with Gasteiger partial charge in [0.25, 0.3) is 5.91 Å². The minimum atomic E-state index is -4.51. The van der Waals surface area contributed by atoms with E-state index in [4.69, 9.17) is 11.6 Å². The number of rotatable bonds is 1. The molecule has 1 aliphatic rings. The van der Waals surface area contributed by atoms with E-state index in [1.54, 1.807) is 18.2 Å². The highest BCUT2D eigenvalue weighted by atomic mass is 35.5. The lowest BCUT2D eigenvalue weighted by atomic mass is 10.3. The number of aromatic nitrogens is 4. The number of hydrogen-bond acceptors (Lipinski definition) is 3. The lowest BCUT2D eigenvalue weighted by molar-refractivity contribution is -0.147. The van der Waals surface area contributed by atoms with E-state index in [1.165, 1.54) is 4.90 Å². The van der Waals surface area contributed by atoms with E-state index in [1.807, 2.05) is 0 Å². The Hall–Kier alpha value is -2.55. The van der Waals surface area contributed by atoms with Crippen LogP contribution in [0.2, 0.25) is 5.02 Å². The Balaban J connectivity index is 1.62. The van der Waals surface area contributed by atoms with Gasteiger partial charge in [0, 0.05) is 13.1 Å². The van der Waals surface area contributed by atoms with Gasteiger partial charge in [-0.3, -0.25) is 4.79 Å². The van der Waals surface area contributed by atoms with Crippen molar-refractivity contribution >= 4 is 28.5 Å². The Morgan fingerprint density at radius 3 is 2.80 bits per heavy atom. The van der Waals surface area contributed by atoms with Crippen molar-refractivity contribution in [2.75, 3.05) is 6.54 Å². The zero-order valence-corrected chi connectivity index (χ0v) is 13.4. The first kappa shape index (κ1) is 15.9. The Morgan fingerprint density at radius 1 is 1.28 bits per heavy atom. The SMILES string of the molecule is O=C(c1nc2c(Cl)cccc2[nH]1)N1CCn2c(cnc2C(F)(F)F)C1. The van der Waals surface area contributed by atoms with Crippen LogP contribution in [0.4, 0.5) is 13.2 Å². The van der Waals surface area contributed by atoms with E-state index in [2.05, 4.69) is 15.0 Å². The Morgan fingerprint density at radius 2 is 2.08 bits per heavy atom. The number of halogens is 4. The molecule has 3 heterocycles. The predicted molar refractivity (Wildman–Crippen MR) is 83.1 cm³/mol. The van der Waals surface area contributed by atoms with Crippen LogP contribution in [0, 0.1) is 0 Å². The second-order valence-electron chi connectivity index (χ2n) is 5.67. The molecule has 1 aromatic carbocycles. The average molecular weight is 370 g/mol. The van der Waals surface area contributed by atoms with Gasteiger partial charge in [-0.15, -0.1) is 0 Å². The van der Waals surface area contributed by atoms with Crippen molar-refractivity contribution in [2.24, 2.45) is 0 Å². The summed E-state index contributed by atoms with van der Waals surface area (Å²) in [5.41, 5.74) is 1.44. The molecule has 0 aliphatic carbocycles. The third-order valence-electron chi connectivity index (χ3n) is 4.09. The number of nitrogens with one attached hydrogen (secondary N) is 1. The lowest BCUT2D eigenvalue weighted by Crippen LogP contribution is -2.39. The molecule has 130 valence electrons. The second kappa shape index (κ2) is 5.48. The van der Waals surface area contributed by atoms with Crippen molar-refractivity contribution in [3.05, 3.63) is 46.8 Å². The van der Waals surface area contributed by atoms with Gasteiger partial charge in [-0.1, -0.05) is 17.7 Å². The fraction of sp³-hybridized carbons (Fsp3) is 0.267. The summed E-state index contributed by atoms with van der Waals surface area (Å²) in [5, 5.41) is 0.416. The van der Waals surface area contributed by atoms with Gasteiger partial charge >= 0.3 is 6.18 Å². The first-order chi connectivity index (χ1) is 11.8. The van der Waals surface area contributed by atoms with Crippen molar-refractivity contribution in [3.63, 3.8) is 0 Å². The highest BCUT2D eigenvalue weighted by molar-refractivity contribution is 6.35. The number of para-hydroxylation sites is 1. The first-order valence-electron chi connectivity index (χ1n) is 7.39. The molecule has 0 unspecified atom stereocenters. The smallest absolute Gasteiger partial charge is 0.334 e. The number of benzene rings is 1. The second-order valence-corrected chi connectivity index (χ2v) is 6.08. The summed E-state index contributed by atoms with van der Waals surface area (Å²) in [6.45, 7) is 0.194. The molecule has 3 aromatic rings. The minimum absolute atomic E-state index is 0.0247. The highest BCUT2D eigenvalue weighted by Crippen LogP contribution is 2.30. The first-order valence-corrected chi connectivity index (χ1v) is 7.77. The Bertz CT molecular complexity index is 977. The summed E-state index contributed by atoms with van der Waals surface area (Å²) in [4.78, 5) is 24.6. The van der Waals surface area contributed by atoms with E-state index in [-0.39, 0.29) is 25.5 Å². The van der Waals surface area contributed by atoms with E-state index in [9.17, 15) is 18.0 Å². The zero-order valence-electron chi connectivity index (χ0n) is 12.6. The summed E-state index contributed by atoms with van der Waals surface area (Å²) in [6.07, 6.45) is -3.36. The van der Waals surface area contributed by atoms with Gasteiger partial charge in [0.05, 0.1) is 29.0 Å². The van der Waals surface area contributed by atoms with Crippen LogP contribution in [0.1, 0.15) is 22.1 Å². The Kier molecular flexibility index (Phi) is 3.50. The fourth-order valence-corrected chi connectivity index (χ4v) is 3.15. The van der Waals surface area contributed by atoms with Crippen molar-refractivity contribution < 1.29 is 18.0 Å². The van der Waals surface area contributed by atoms with Crippen LogP contribution in [-0.4, -0.2) is 36.9 Å². The molecule has 0 radical (unpaired) electrons. The van der Waals surface area contributed by atoms with Crippen LogP contribution in [0.5, 0.6) is 0 Å². The normalized spacial score (nSPS) is 14.8. The predicted octanol–water partition coefficient (Wildman–Crippen LogP) is 3.09. The number of carbonyl (C=O) groups is 1.